The van der Waals surface area contributed by atoms with Gasteiger partial charge in [0, 0.05) is 139 Å². The van der Waals surface area contributed by atoms with Gasteiger partial charge >= 0.3 is 0 Å². The maximum Gasteiger partial charge on any atom is 0.159 e. The van der Waals surface area contributed by atoms with Crippen molar-refractivity contribution in [3.8, 4) is 56.4 Å². The van der Waals surface area contributed by atoms with Crippen molar-refractivity contribution in [2.45, 2.75) is 77.0 Å². The smallest absolute Gasteiger partial charge is 0.159 e. The van der Waals surface area contributed by atoms with Gasteiger partial charge in [-0.15, -0.1) is 0 Å². The molecule has 14 aromatic carbocycles. The Bertz CT molecular complexity index is 6370. The number of hydrogen-bond acceptors (Lipinski definition) is 7. The van der Waals surface area contributed by atoms with E-state index in [4.69, 9.17) is 13.3 Å². The first-order valence-electron chi connectivity index (χ1n) is 38.6. The van der Waals surface area contributed by atoms with Crippen molar-refractivity contribution in [2.24, 2.45) is 0 Å². The van der Waals surface area contributed by atoms with Crippen LogP contribution in [0.25, 0.3) is 78.4 Å². The molecule has 17 aromatic rings. The van der Waals surface area contributed by atoms with Crippen LogP contribution in [0, 0.1) is 0 Å². The second-order valence-corrected chi connectivity index (χ2v) is 31.9. The number of fused-ring (bicyclic) bond motifs is 17. The van der Waals surface area contributed by atoms with Gasteiger partial charge < -0.3 is 32.9 Å². The van der Waals surface area contributed by atoms with E-state index >= 15 is 0 Å². The molecular weight excluding hydrogens is 1350 g/mol. The number of para-hydroxylation sites is 9. The van der Waals surface area contributed by atoms with E-state index in [1.807, 2.05) is 12.1 Å². The van der Waals surface area contributed by atoms with Crippen LogP contribution in [0.4, 0.5) is 68.2 Å². The van der Waals surface area contributed by atoms with Gasteiger partial charge in [-0.05, 0) is 192 Å². The average molecular weight is 1440 g/mol. The normalized spacial score (nSPS) is 14.2. The number of nitrogens with zero attached hydrogens (tertiary/aromatic N) is 4. The minimum atomic E-state index is -0.312. The highest BCUT2D eigenvalue weighted by atomic mass is 16.3. The largest absolute Gasteiger partial charge is 0.455 e. The Hall–Kier alpha value is -13.4. The van der Waals surface area contributed by atoms with Gasteiger partial charge in [0.05, 0.1) is 11.4 Å². The molecule has 111 heavy (non-hydrogen) atoms. The summed E-state index contributed by atoms with van der Waals surface area (Å²) in [6.07, 6.45) is 0. The lowest BCUT2D eigenvalue weighted by atomic mass is 9.74. The molecule has 4 aliphatic carbocycles. The molecule has 3 heterocycles. The molecule has 0 bridgehead atoms. The second kappa shape index (κ2) is 25.7. The highest BCUT2D eigenvalue weighted by Crippen LogP contribution is 2.65. The molecule has 4 aliphatic rings. The third kappa shape index (κ3) is 10.5. The van der Waals surface area contributed by atoms with Gasteiger partial charge in [-0.25, -0.2) is 0 Å². The first-order valence-corrected chi connectivity index (χ1v) is 38.6. The lowest BCUT2D eigenvalue weighted by Gasteiger charge is -2.31. The van der Waals surface area contributed by atoms with Crippen LogP contribution in [0.5, 0.6) is 0 Å². The lowest BCUT2D eigenvalue weighted by molar-refractivity contribution is 0.592. The SMILES string of the molecule is CC1(C)c2cc(N(c3ccccc3)c3ccccc3)ccc2-c2oc3c(c21)C(C)(C)c1cc(N(c2ccccc2)c2cccc4c2oc2ccccc24)ccc1-3.CC1(C)c2cc(N(c3ccccc3)c3ccccc3)ccc2-c2oc3c(c21)C(C)(C)c1cc(N(c2ccccc2)c2ccccc2-c2ccccc2)ccc1-3. The maximum absolute atomic E-state index is 7.08. The number of hydrogen-bond donors (Lipinski definition) is 0. The van der Waals surface area contributed by atoms with Crippen molar-refractivity contribution in [3.05, 3.63) is 396 Å². The second-order valence-electron chi connectivity index (χ2n) is 31.9. The number of benzene rings is 14. The Morgan fingerprint density at radius 2 is 0.486 bits per heavy atom. The first-order chi connectivity index (χ1) is 54.1. The van der Waals surface area contributed by atoms with Crippen molar-refractivity contribution >= 4 is 90.2 Å². The fourth-order valence-electron chi connectivity index (χ4n) is 18.7. The van der Waals surface area contributed by atoms with E-state index in [2.05, 4.69) is 415 Å². The topological polar surface area (TPSA) is 52.4 Å². The molecule has 0 radical (unpaired) electrons. The molecule has 0 N–H and O–H groups in total. The summed E-state index contributed by atoms with van der Waals surface area (Å²) in [6.45, 7) is 18.9. The van der Waals surface area contributed by atoms with Crippen LogP contribution in [-0.2, 0) is 21.7 Å². The summed E-state index contributed by atoms with van der Waals surface area (Å²) in [5.41, 5.74) is 31.3. The Morgan fingerprint density at radius 3 is 0.856 bits per heavy atom. The van der Waals surface area contributed by atoms with E-state index in [-0.39, 0.29) is 21.7 Å². The molecule has 3 aromatic heterocycles. The quantitative estimate of drug-likeness (QED) is 0.114. The molecule has 7 nitrogen and oxygen atoms in total. The Balaban J connectivity index is 0.000000145. The average Bonchev–Trinajstić information content (AvgIpc) is 1.52. The molecule has 0 aliphatic heterocycles. The predicted molar refractivity (Wildman–Crippen MR) is 459 cm³/mol. The molecular formula is C104H82N4O3. The number of rotatable bonds is 13. The van der Waals surface area contributed by atoms with Crippen LogP contribution in [-0.4, -0.2) is 0 Å². The number of furan rings is 3. The molecule has 0 unspecified atom stereocenters. The van der Waals surface area contributed by atoms with Gasteiger partial charge in [0.1, 0.15) is 28.6 Å². The maximum atomic E-state index is 7.08. The van der Waals surface area contributed by atoms with E-state index in [0.717, 1.165) is 119 Å². The van der Waals surface area contributed by atoms with Gasteiger partial charge in [-0.2, -0.15) is 0 Å². The zero-order valence-corrected chi connectivity index (χ0v) is 63.5. The van der Waals surface area contributed by atoms with Gasteiger partial charge in [0.2, 0.25) is 0 Å². The van der Waals surface area contributed by atoms with Crippen LogP contribution < -0.4 is 19.6 Å². The zero-order valence-electron chi connectivity index (χ0n) is 63.5. The lowest BCUT2D eigenvalue weighted by Crippen LogP contribution is -2.23. The monoisotopic (exact) mass is 1430 g/mol. The van der Waals surface area contributed by atoms with E-state index in [1.165, 1.54) is 72.3 Å². The third-order valence-electron chi connectivity index (χ3n) is 24.0. The van der Waals surface area contributed by atoms with Crippen LogP contribution in [0.2, 0.25) is 0 Å². The molecule has 7 heteroatoms. The Morgan fingerprint density at radius 1 is 0.207 bits per heavy atom. The number of anilines is 12. The summed E-state index contributed by atoms with van der Waals surface area (Å²) >= 11 is 0. The van der Waals surface area contributed by atoms with Crippen molar-refractivity contribution < 1.29 is 13.3 Å². The molecule has 536 valence electrons. The predicted octanol–water partition coefficient (Wildman–Crippen LogP) is 29.2. The van der Waals surface area contributed by atoms with Crippen LogP contribution in [0.15, 0.2) is 365 Å². The highest BCUT2D eigenvalue weighted by molar-refractivity contribution is 6.10. The van der Waals surface area contributed by atoms with Crippen molar-refractivity contribution in [1.82, 2.24) is 0 Å². The summed E-state index contributed by atoms with van der Waals surface area (Å²) in [6, 6.07) is 126. The third-order valence-corrected chi connectivity index (χ3v) is 24.0. The van der Waals surface area contributed by atoms with E-state index in [0.29, 0.717) is 0 Å². The van der Waals surface area contributed by atoms with Crippen LogP contribution >= 0.6 is 0 Å². The molecule has 0 amide bonds. The van der Waals surface area contributed by atoms with E-state index in [9.17, 15) is 0 Å². The van der Waals surface area contributed by atoms with Gasteiger partial charge in [0.25, 0.3) is 0 Å². The Labute approximate surface area is 648 Å². The van der Waals surface area contributed by atoms with Gasteiger partial charge in [0.15, 0.2) is 5.58 Å². The van der Waals surface area contributed by atoms with Crippen LogP contribution in [0.3, 0.4) is 0 Å². The zero-order chi connectivity index (χ0) is 75.1. The van der Waals surface area contributed by atoms with E-state index < -0.39 is 0 Å². The first kappa shape index (κ1) is 67.0. The van der Waals surface area contributed by atoms with Crippen molar-refractivity contribution in [3.63, 3.8) is 0 Å². The highest BCUT2D eigenvalue weighted by Gasteiger charge is 2.52. The molecule has 0 atom stereocenters. The standard InChI is InChI=1S/C52H40N2O2.C52H42N2O/c1-51(2)42-31-36(53(33-17-8-5-9-18-33)34-19-10-6-11-20-34)27-29-40(42)49-46(51)47-50(56-49)41-30-28-37(32-43(41)52(47,3)4)54(35-21-12-7-13-22-35)44-25-16-24-39-38-23-14-15-26-45(38)55-48(39)44;1-51(2)44-33-39(53(36-21-11-6-12-22-36)37-23-13-7-14-24-37)29-31-42(44)49-47(51)48-50(55-49)43-32-30-40(34-45(43)52(48,3)4)54(38-25-15-8-16-26-38)46-28-18-17-27-41(46)35-19-9-5-10-20-35/h5-32H,1-4H3;5-34H,1-4H3. The van der Waals surface area contributed by atoms with Crippen molar-refractivity contribution in [2.75, 3.05) is 19.6 Å². The summed E-state index contributed by atoms with van der Waals surface area (Å²) in [7, 11) is 0. The summed E-state index contributed by atoms with van der Waals surface area (Å²) in [5.74, 6) is 4.00. The van der Waals surface area contributed by atoms with Gasteiger partial charge in [-0.3, -0.25) is 0 Å². The Kier molecular flexibility index (Phi) is 15.5. The fourth-order valence-corrected chi connectivity index (χ4v) is 18.7. The molecule has 0 spiro atoms. The molecule has 0 fully saturated rings. The van der Waals surface area contributed by atoms with Crippen LogP contribution in [0.1, 0.15) is 99.9 Å². The summed E-state index contributed by atoms with van der Waals surface area (Å²) < 4.78 is 20.8. The summed E-state index contributed by atoms with van der Waals surface area (Å²) in [4.78, 5) is 9.41. The molecule has 0 saturated carbocycles. The van der Waals surface area contributed by atoms with E-state index in [1.54, 1.807) is 0 Å². The fraction of sp³-hybridized carbons (Fsp3) is 0.115. The van der Waals surface area contributed by atoms with Crippen molar-refractivity contribution in [1.29, 1.82) is 0 Å². The minimum Gasteiger partial charge on any atom is -0.455 e. The molecule has 21 rings (SSSR count). The van der Waals surface area contributed by atoms with Gasteiger partial charge in [-0.1, -0.05) is 243 Å². The minimum absolute atomic E-state index is 0.274. The molecule has 0 saturated heterocycles. The summed E-state index contributed by atoms with van der Waals surface area (Å²) in [5, 5.41) is 2.23.